The Morgan fingerprint density at radius 2 is 0.519 bits per heavy atom. The summed E-state index contributed by atoms with van der Waals surface area (Å²) in [4.78, 5) is 0. The Morgan fingerprint density at radius 1 is 0.250 bits per heavy atom. The molecule has 7 aromatic carbocycles. The lowest BCUT2D eigenvalue weighted by atomic mass is 9.86. The average Bonchev–Trinajstić information content (AvgIpc) is 3.89. The van der Waals surface area contributed by atoms with E-state index >= 15 is 0 Å². The van der Waals surface area contributed by atoms with Gasteiger partial charge in [-0.2, -0.15) is 0 Å². The summed E-state index contributed by atoms with van der Waals surface area (Å²) in [5, 5.41) is 0. The Balaban J connectivity index is 1.02. The van der Waals surface area contributed by atoms with Crippen LogP contribution in [0.3, 0.4) is 0 Å². The third-order valence-electron chi connectivity index (χ3n) is 10.3. The van der Waals surface area contributed by atoms with Crippen molar-refractivity contribution in [2.45, 2.75) is 24.0 Å². The van der Waals surface area contributed by atoms with Gasteiger partial charge in [0, 0.05) is 23.0 Å². The van der Waals surface area contributed by atoms with Crippen LogP contribution in [0.4, 0.5) is 0 Å². The fourth-order valence-electron chi connectivity index (χ4n) is 7.56. The monoisotopic (exact) mass is 670 g/mol. The Morgan fingerprint density at radius 3 is 0.846 bits per heavy atom. The smallest absolute Gasteiger partial charge is 0.134 e. The van der Waals surface area contributed by atoms with Gasteiger partial charge >= 0.3 is 0 Å². The van der Waals surface area contributed by atoms with Crippen LogP contribution in [-0.4, -0.2) is 0 Å². The summed E-state index contributed by atoms with van der Waals surface area (Å²) in [6, 6.07) is 68.7. The van der Waals surface area contributed by atoms with Crippen molar-refractivity contribution in [1.82, 2.24) is 0 Å². The van der Waals surface area contributed by atoms with E-state index < -0.39 is 0 Å². The largest absolute Gasteiger partial charge is 0.484 e. The predicted octanol–water partition coefficient (Wildman–Crippen LogP) is 12.8. The molecule has 52 heavy (non-hydrogen) atoms. The summed E-state index contributed by atoms with van der Waals surface area (Å²) in [6.07, 6.45) is 4.26. The normalized spacial score (nSPS) is 19.3. The third-order valence-corrected chi connectivity index (χ3v) is 10.3. The molecule has 0 amide bonds. The quantitative estimate of drug-likeness (QED) is 0.160. The van der Waals surface area contributed by atoms with E-state index in [0.717, 1.165) is 33.8 Å². The van der Waals surface area contributed by atoms with E-state index in [4.69, 9.17) is 9.47 Å². The van der Waals surface area contributed by atoms with Gasteiger partial charge in [0.15, 0.2) is 0 Å². The summed E-state index contributed by atoms with van der Waals surface area (Å²) in [7, 11) is 0. The number of hydrogen-bond donors (Lipinski definition) is 0. The highest BCUT2D eigenvalue weighted by molar-refractivity contribution is 5.68. The first-order valence-electron chi connectivity index (χ1n) is 18.1. The molecule has 0 bridgehead atoms. The number of ether oxygens (including phenoxy) is 2. The highest BCUT2D eigenvalue weighted by atomic mass is 16.5. The van der Waals surface area contributed by atoms with Crippen LogP contribution in [0.2, 0.25) is 0 Å². The van der Waals surface area contributed by atoms with E-state index in [0.29, 0.717) is 0 Å². The van der Waals surface area contributed by atoms with Crippen molar-refractivity contribution in [1.29, 1.82) is 0 Å². The van der Waals surface area contributed by atoms with Crippen molar-refractivity contribution in [2.24, 2.45) is 0 Å². The van der Waals surface area contributed by atoms with Gasteiger partial charge in [-0.15, -0.1) is 0 Å². The average molecular weight is 671 g/mol. The Bertz CT molecular complexity index is 2140. The zero-order valence-electron chi connectivity index (χ0n) is 28.8. The number of rotatable bonds is 8. The molecular weight excluding hydrogens is 633 g/mol. The van der Waals surface area contributed by atoms with Gasteiger partial charge in [-0.1, -0.05) is 194 Å². The molecule has 4 atom stereocenters. The van der Waals surface area contributed by atoms with Gasteiger partial charge in [-0.25, -0.2) is 0 Å². The first-order valence-corrected chi connectivity index (χ1v) is 18.1. The first kappa shape index (κ1) is 31.6. The Hall–Kier alpha value is -6.38. The van der Waals surface area contributed by atoms with Crippen LogP contribution < -0.4 is 0 Å². The SMILES string of the molecule is C1=C(c2ccccc2)OC(c2ccc(C3OC(c4ccccc4)=CC3c3ccc(-c4ccccc4)cc3)cc2)C1c1ccc(-c2ccccc2)cc1. The van der Waals surface area contributed by atoms with Gasteiger partial charge in [-0.05, 0) is 56.7 Å². The van der Waals surface area contributed by atoms with Crippen LogP contribution in [0.5, 0.6) is 0 Å². The maximum absolute atomic E-state index is 6.81. The topological polar surface area (TPSA) is 18.5 Å². The third kappa shape index (κ3) is 6.36. The number of hydrogen-bond acceptors (Lipinski definition) is 2. The molecule has 2 aliphatic heterocycles. The van der Waals surface area contributed by atoms with E-state index in [2.05, 4.69) is 194 Å². The molecule has 9 rings (SSSR count). The van der Waals surface area contributed by atoms with Gasteiger partial charge in [0.1, 0.15) is 23.7 Å². The Labute approximate surface area is 306 Å². The van der Waals surface area contributed by atoms with Gasteiger partial charge in [0.2, 0.25) is 0 Å². The van der Waals surface area contributed by atoms with Crippen LogP contribution in [0.15, 0.2) is 206 Å². The minimum Gasteiger partial charge on any atom is -0.484 e. The van der Waals surface area contributed by atoms with Crippen molar-refractivity contribution in [3.05, 3.63) is 240 Å². The van der Waals surface area contributed by atoms with Crippen molar-refractivity contribution in [3.8, 4) is 22.3 Å². The zero-order chi connectivity index (χ0) is 34.7. The first-order chi connectivity index (χ1) is 25.8. The van der Waals surface area contributed by atoms with E-state index in [1.54, 1.807) is 0 Å². The van der Waals surface area contributed by atoms with Gasteiger partial charge in [0.25, 0.3) is 0 Å². The molecule has 2 heterocycles. The summed E-state index contributed by atoms with van der Waals surface area (Å²) in [5.41, 5.74) is 11.8. The molecule has 0 N–H and O–H groups in total. The second kappa shape index (κ2) is 14.1. The minimum atomic E-state index is -0.157. The molecule has 0 radical (unpaired) electrons. The molecule has 0 fully saturated rings. The second-order valence-electron chi connectivity index (χ2n) is 13.6. The van der Waals surface area contributed by atoms with Gasteiger partial charge in [0.05, 0.1) is 0 Å². The maximum atomic E-state index is 6.81. The summed E-state index contributed by atoms with van der Waals surface area (Å²) < 4.78 is 13.6. The molecule has 0 aromatic heterocycles. The number of benzene rings is 7. The van der Waals surface area contributed by atoms with Crippen LogP contribution in [0.1, 0.15) is 57.4 Å². The summed E-state index contributed by atoms with van der Waals surface area (Å²) in [5.74, 6) is 1.97. The molecule has 250 valence electrons. The van der Waals surface area contributed by atoms with Crippen molar-refractivity contribution < 1.29 is 9.47 Å². The van der Waals surface area contributed by atoms with Crippen LogP contribution >= 0.6 is 0 Å². The molecule has 0 saturated carbocycles. The highest BCUT2D eigenvalue weighted by Crippen LogP contribution is 2.48. The molecule has 2 heteroatoms. The molecule has 2 aliphatic rings. The molecule has 0 spiro atoms. The maximum Gasteiger partial charge on any atom is 0.134 e. The van der Waals surface area contributed by atoms with Crippen molar-refractivity contribution in [2.75, 3.05) is 0 Å². The van der Waals surface area contributed by atoms with E-state index in [1.807, 2.05) is 12.1 Å². The molecule has 0 aliphatic carbocycles. The fourth-order valence-corrected chi connectivity index (χ4v) is 7.56. The lowest BCUT2D eigenvalue weighted by molar-refractivity contribution is 0.175. The van der Waals surface area contributed by atoms with E-state index in [1.165, 1.54) is 33.4 Å². The summed E-state index contributed by atoms with van der Waals surface area (Å²) >= 11 is 0. The van der Waals surface area contributed by atoms with Crippen LogP contribution in [0, 0.1) is 0 Å². The molecule has 7 aromatic rings. The van der Waals surface area contributed by atoms with Crippen molar-refractivity contribution in [3.63, 3.8) is 0 Å². The minimum absolute atomic E-state index is 0.0656. The van der Waals surface area contributed by atoms with Crippen LogP contribution in [-0.2, 0) is 9.47 Å². The van der Waals surface area contributed by atoms with Gasteiger partial charge < -0.3 is 9.47 Å². The second-order valence-corrected chi connectivity index (χ2v) is 13.6. The van der Waals surface area contributed by atoms with E-state index in [9.17, 15) is 0 Å². The molecular formula is C50H38O2. The molecule has 0 saturated heterocycles. The molecule has 4 unspecified atom stereocenters. The molecule has 2 nitrogen and oxygen atoms in total. The highest BCUT2D eigenvalue weighted by Gasteiger charge is 2.35. The standard InChI is InChI=1S/C50H38O2/c1-5-13-35(14-6-1)37-21-25-39(26-22-37)45-33-47(41-17-9-3-10-18-41)51-49(45)43-29-31-44(32-30-43)50-46(34-48(52-50)42-19-11-4-12-20-42)40-27-23-38(24-28-40)36-15-7-2-8-16-36/h1-34,45-46,49-50H. The lowest BCUT2D eigenvalue weighted by Gasteiger charge is -2.23. The van der Waals surface area contributed by atoms with Crippen LogP contribution in [0.25, 0.3) is 33.8 Å². The Kier molecular flexibility index (Phi) is 8.56. The summed E-state index contributed by atoms with van der Waals surface area (Å²) in [6.45, 7) is 0. The van der Waals surface area contributed by atoms with E-state index in [-0.39, 0.29) is 24.0 Å². The fraction of sp³-hybridized carbons (Fsp3) is 0.0800. The predicted molar refractivity (Wildman–Crippen MR) is 212 cm³/mol. The zero-order valence-corrected chi connectivity index (χ0v) is 28.8. The van der Waals surface area contributed by atoms with Crippen molar-refractivity contribution >= 4 is 11.5 Å². The van der Waals surface area contributed by atoms with Gasteiger partial charge in [-0.3, -0.25) is 0 Å². The lowest BCUT2D eigenvalue weighted by Crippen LogP contribution is -2.09.